The molecule has 0 unspecified atom stereocenters. The fourth-order valence-electron chi connectivity index (χ4n) is 2.50. The number of hydrogen-bond acceptors (Lipinski definition) is 2. The summed E-state index contributed by atoms with van der Waals surface area (Å²) in [6, 6.07) is 6.11. The number of ether oxygens (including phenoxy) is 1. The minimum atomic E-state index is 0.499. The van der Waals surface area contributed by atoms with Crippen molar-refractivity contribution in [2.75, 3.05) is 13.2 Å². The van der Waals surface area contributed by atoms with Crippen LogP contribution in [0, 0.1) is 0 Å². The fraction of sp³-hybridized carbons (Fsp3) is 0.600. The van der Waals surface area contributed by atoms with Crippen molar-refractivity contribution in [2.24, 2.45) is 0 Å². The summed E-state index contributed by atoms with van der Waals surface area (Å²) in [4.78, 5) is 0. The third-order valence-electron chi connectivity index (χ3n) is 3.56. The van der Waals surface area contributed by atoms with Crippen LogP contribution < -0.4 is 10.1 Å². The average molecular weight is 302 g/mol. The Balaban J connectivity index is 1.70. The van der Waals surface area contributed by atoms with Gasteiger partial charge in [0, 0.05) is 12.6 Å². The molecule has 0 spiro atoms. The maximum atomic E-state index is 6.07. The fourth-order valence-corrected chi connectivity index (χ4v) is 2.85. The molecule has 0 radical (unpaired) electrons. The first-order chi connectivity index (χ1) is 9.27. The van der Waals surface area contributed by atoms with Crippen LogP contribution in [0.3, 0.4) is 0 Å². The number of nitrogens with one attached hydrogen (secondary N) is 1. The Labute approximate surface area is 125 Å². The average Bonchev–Trinajstić information content (AvgIpc) is 2.68. The number of halogens is 2. The molecular formula is C15H21Cl2NO. The van der Waals surface area contributed by atoms with Crippen molar-refractivity contribution in [3.05, 3.63) is 28.2 Å². The minimum absolute atomic E-state index is 0.499. The van der Waals surface area contributed by atoms with Gasteiger partial charge in [0.1, 0.15) is 17.4 Å². The van der Waals surface area contributed by atoms with Crippen molar-refractivity contribution in [2.45, 2.75) is 44.6 Å². The zero-order chi connectivity index (χ0) is 13.5. The second-order valence-corrected chi connectivity index (χ2v) is 5.83. The Kier molecular flexibility index (Phi) is 6.29. The molecule has 0 saturated heterocycles. The Hall–Kier alpha value is -0.440. The van der Waals surface area contributed by atoms with Crippen molar-refractivity contribution >= 4 is 23.2 Å². The summed E-state index contributed by atoms with van der Waals surface area (Å²) < 4.78 is 5.66. The van der Waals surface area contributed by atoms with Gasteiger partial charge in [-0.3, -0.25) is 0 Å². The normalized spacial score (nSPS) is 17.2. The Morgan fingerprint density at radius 1 is 1.11 bits per heavy atom. The van der Waals surface area contributed by atoms with Gasteiger partial charge in [0.15, 0.2) is 0 Å². The molecule has 0 aromatic heterocycles. The Bertz CT molecular complexity index is 390. The van der Waals surface area contributed by atoms with E-state index in [-0.39, 0.29) is 0 Å². The van der Waals surface area contributed by atoms with Gasteiger partial charge in [0.2, 0.25) is 0 Å². The van der Waals surface area contributed by atoms with E-state index in [2.05, 4.69) is 5.32 Å². The standard InChI is InChI=1S/C15H21Cl2NO/c16-13-8-5-9-14(15(13)17)19-11-10-18-12-6-3-1-2-4-7-12/h5,8-9,12,18H,1-4,6-7,10-11H2. The summed E-state index contributed by atoms with van der Waals surface area (Å²) in [5, 5.41) is 4.60. The zero-order valence-electron chi connectivity index (χ0n) is 11.1. The summed E-state index contributed by atoms with van der Waals surface area (Å²) in [5.74, 6) is 0.664. The molecule has 1 aliphatic rings. The summed E-state index contributed by atoms with van der Waals surface area (Å²) in [6.07, 6.45) is 8.03. The first kappa shape index (κ1) is 15.0. The largest absolute Gasteiger partial charge is 0.491 e. The van der Waals surface area contributed by atoms with Gasteiger partial charge in [-0.2, -0.15) is 0 Å². The lowest BCUT2D eigenvalue weighted by atomic mass is 10.1. The van der Waals surface area contributed by atoms with Crippen molar-refractivity contribution in [1.82, 2.24) is 5.32 Å². The SMILES string of the molecule is Clc1cccc(OCCNC2CCCCCC2)c1Cl. The smallest absolute Gasteiger partial charge is 0.139 e. The predicted molar refractivity (Wildman–Crippen MR) is 81.4 cm³/mol. The molecule has 0 atom stereocenters. The molecule has 1 aromatic rings. The molecule has 1 saturated carbocycles. The lowest BCUT2D eigenvalue weighted by Crippen LogP contribution is -2.32. The van der Waals surface area contributed by atoms with E-state index in [9.17, 15) is 0 Å². The lowest BCUT2D eigenvalue weighted by Gasteiger charge is -2.16. The van der Waals surface area contributed by atoms with Gasteiger partial charge in [-0.05, 0) is 25.0 Å². The highest BCUT2D eigenvalue weighted by Gasteiger charge is 2.11. The monoisotopic (exact) mass is 301 g/mol. The number of rotatable bonds is 5. The highest BCUT2D eigenvalue weighted by Crippen LogP contribution is 2.31. The summed E-state index contributed by atoms with van der Waals surface area (Å²) in [6.45, 7) is 1.48. The van der Waals surface area contributed by atoms with Crippen molar-refractivity contribution in [3.8, 4) is 5.75 Å². The van der Waals surface area contributed by atoms with E-state index in [4.69, 9.17) is 27.9 Å². The van der Waals surface area contributed by atoms with Crippen LogP contribution in [0.5, 0.6) is 5.75 Å². The highest BCUT2D eigenvalue weighted by atomic mass is 35.5. The Morgan fingerprint density at radius 2 is 1.84 bits per heavy atom. The molecule has 1 aromatic carbocycles. The maximum absolute atomic E-state index is 6.07. The molecule has 0 heterocycles. The maximum Gasteiger partial charge on any atom is 0.139 e. The van der Waals surface area contributed by atoms with Crippen LogP contribution in [0.4, 0.5) is 0 Å². The van der Waals surface area contributed by atoms with Gasteiger partial charge in [0.05, 0.1) is 5.02 Å². The van der Waals surface area contributed by atoms with Crippen LogP contribution in [0.25, 0.3) is 0 Å². The van der Waals surface area contributed by atoms with Gasteiger partial charge in [-0.1, -0.05) is 55.0 Å². The Morgan fingerprint density at radius 3 is 2.58 bits per heavy atom. The van der Waals surface area contributed by atoms with Crippen LogP contribution in [0.15, 0.2) is 18.2 Å². The molecular weight excluding hydrogens is 281 g/mol. The van der Waals surface area contributed by atoms with E-state index >= 15 is 0 Å². The summed E-state index contributed by atoms with van der Waals surface area (Å²) in [7, 11) is 0. The van der Waals surface area contributed by atoms with Gasteiger partial charge >= 0.3 is 0 Å². The second kappa shape index (κ2) is 7.98. The quantitative estimate of drug-likeness (QED) is 0.629. The van der Waals surface area contributed by atoms with Gasteiger partial charge < -0.3 is 10.1 Å². The predicted octanol–water partition coefficient (Wildman–Crippen LogP) is 4.68. The molecule has 106 valence electrons. The van der Waals surface area contributed by atoms with Gasteiger partial charge in [0.25, 0.3) is 0 Å². The van der Waals surface area contributed by atoms with Crippen molar-refractivity contribution in [1.29, 1.82) is 0 Å². The second-order valence-electron chi connectivity index (χ2n) is 5.04. The third-order valence-corrected chi connectivity index (χ3v) is 4.37. The molecule has 4 heteroatoms. The van der Waals surface area contributed by atoms with E-state index in [0.29, 0.717) is 28.4 Å². The topological polar surface area (TPSA) is 21.3 Å². The van der Waals surface area contributed by atoms with Crippen LogP contribution in [0.2, 0.25) is 10.0 Å². The summed E-state index contributed by atoms with van der Waals surface area (Å²) in [5.41, 5.74) is 0. The highest BCUT2D eigenvalue weighted by molar-refractivity contribution is 6.42. The first-order valence-electron chi connectivity index (χ1n) is 7.07. The minimum Gasteiger partial charge on any atom is -0.491 e. The van der Waals surface area contributed by atoms with Gasteiger partial charge in [-0.15, -0.1) is 0 Å². The molecule has 0 bridgehead atoms. The molecule has 0 amide bonds. The van der Waals surface area contributed by atoms with Crippen LogP contribution in [-0.4, -0.2) is 19.2 Å². The molecule has 0 aliphatic heterocycles. The molecule has 2 rings (SSSR count). The van der Waals surface area contributed by atoms with Crippen LogP contribution in [-0.2, 0) is 0 Å². The van der Waals surface area contributed by atoms with E-state index in [1.165, 1.54) is 38.5 Å². The zero-order valence-corrected chi connectivity index (χ0v) is 12.6. The van der Waals surface area contributed by atoms with Crippen LogP contribution >= 0.6 is 23.2 Å². The van der Waals surface area contributed by atoms with E-state index < -0.39 is 0 Å². The van der Waals surface area contributed by atoms with Crippen LogP contribution in [0.1, 0.15) is 38.5 Å². The number of benzene rings is 1. The summed E-state index contributed by atoms with van der Waals surface area (Å²) >= 11 is 12.0. The molecule has 19 heavy (non-hydrogen) atoms. The molecule has 1 fully saturated rings. The van der Waals surface area contributed by atoms with E-state index in [1.807, 2.05) is 12.1 Å². The lowest BCUT2D eigenvalue weighted by molar-refractivity contribution is 0.300. The molecule has 1 aliphatic carbocycles. The van der Waals surface area contributed by atoms with Crippen molar-refractivity contribution < 1.29 is 4.74 Å². The molecule has 2 nitrogen and oxygen atoms in total. The van der Waals surface area contributed by atoms with E-state index in [1.54, 1.807) is 6.07 Å². The van der Waals surface area contributed by atoms with E-state index in [0.717, 1.165) is 6.54 Å². The first-order valence-corrected chi connectivity index (χ1v) is 7.83. The van der Waals surface area contributed by atoms with Crippen molar-refractivity contribution in [3.63, 3.8) is 0 Å². The van der Waals surface area contributed by atoms with Gasteiger partial charge in [-0.25, -0.2) is 0 Å². The third kappa shape index (κ3) is 4.87. The number of hydrogen-bond donors (Lipinski definition) is 1. The molecule has 1 N–H and O–H groups in total.